The first-order valence-electron chi connectivity index (χ1n) is 6.45. The predicted molar refractivity (Wildman–Crippen MR) is 82.6 cm³/mol. The maximum atomic E-state index is 3.64. The number of nitrogens with zero attached hydrogens (tertiary/aromatic N) is 1. The fourth-order valence-electron chi connectivity index (χ4n) is 2.37. The quantitative estimate of drug-likeness (QED) is 0.848. The van der Waals surface area contributed by atoms with Gasteiger partial charge in [0.2, 0.25) is 0 Å². The third-order valence-corrected chi connectivity index (χ3v) is 4.64. The largest absolute Gasteiger partial charge is 0.368 e. The van der Waals surface area contributed by atoms with Crippen LogP contribution in [0.15, 0.2) is 24.3 Å². The molecule has 0 radical (unpaired) electrons. The summed E-state index contributed by atoms with van der Waals surface area (Å²) in [7, 11) is 0. The Balaban J connectivity index is 2.10. The molecule has 2 atom stereocenters. The van der Waals surface area contributed by atoms with E-state index in [4.69, 9.17) is 0 Å². The van der Waals surface area contributed by atoms with Crippen molar-refractivity contribution >= 4 is 28.3 Å². The van der Waals surface area contributed by atoms with E-state index in [1.54, 1.807) is 0 Å². The molecule has 1 N–H and O–H groups in total. The van der Waals surface area contributed by atoms with Gasteiger partial charge in [0.15, 0.2) is 0 Å². The van der Waals surface area contributed by atoms with E-state index in [1.165, 1.54) is 15.7 Å². The standard InChI is InChI=1S/C14H21IN2/c1-3-11(2)13-10-17(9-8-16-13)14-7-5-4-6-12(14)15/h4-7,11,13,16H,3,8-10H2,1-2H3. The highest BCUT2D eigenvalue weighted by molar-refractivity contribution is 14.1. The minimum absolute atomic E-state index is 0.629. The second-order valence-corrected chi connectivity index (χ2v) is 6.01. The molecule has 0 bridgehead atoms. The molecule has 1 heterocycles. The lowest BCUT2D eigenvalue weighted by Crippen LogP contribution is -2.53. The third kappa shape index (κ3) is 3.13. The number of benzene rings is 1. The van der Waals surface area contributed by atoms with Gasteiger partial charge in [-0.2, -0.15) is 0 Å². The molecule has 0 aliphatic carbocycles. The summed E-state index contributed by atoms with van der Waals surface area (Å²) in [5.74, 6) is 0.749. The van der Waals surface area contributed by atoms with Gasteiger partial charge in [0.1, 0.15) is 0 Å². The number of hydrogen-bond acceptors (Lipinski definition) is 2. The molecule has 2 unspecified atom stereocenters. The number of nitrogens with one attached hydrogen (secondary N) is 1. The molecule has 1 aromatic carbocycles. The molecule has 0 spiro atoms. The molecule has 94 valence electrons. The zero-order chi connectivity index (χ0) is 12.3. The molecular weight excluding hydrogens is 323 g/mol. The van der Waals surface area contributed by atoms with Gasteiger partial charge in [-0.1, -0.05) is 32.4 Å². The maximum Gasteiger partial charge on any atom is 0.0502 e. The first kappa shape index (κ1) is 13.1. The molecule has 0 saturated carbocycles. The van der Waals surface area contributed by atoms with E-state index >= 15 is 0 Å². The van der Waals surface area contributed by atoms with Crippen molar-refractivity contribution < 1.29 is 0 Å². The average molecular weight is 344 g/mol. The smallest absolute Gasteiger partial charge is 0.0502 e. The van der Waals surface area contributed by atoms with Crippen molar-refractivity contribution in [3.8, 4) is 0 Å². The Hall–Kier alpha value is -0.290. The van der Waals surface area contributed by atoms with Crippen molar-refractivity contribution in [1.82, 2.24) is 5.32 Å². The molecular formula is C14H21IN2. The van der Waals surface area contributed by atoms with Gasteiger partial charge in [0.05, 0.1) is 5.69 Å². The number of rotatable bonds is 3. The Morgan fingerprint density at radius 1 is 1.47 bits per heavy atom. The lowest BCUT2D eigenvalue weighted by molar-refractivity contribution is 0.341. The molecule has 1 saturated heterocycles. The van der Waals surface area contributed by atoms with Crippen molar-refractivity contribution in [2.75, 3.05) is 24.5 Å². The van der Waals surface area contributed by atoms with Crippen molar-refractivity contribution in [3.05, 3.63) is 27.8 Å². The fourth-order valence-corrected chi connectivity index (χ4v) is 3.10. The number of para-hydroxylation sites is 1. The minimum Gasteiger partial charge on any atom is -0.368 e. The topological polar surface area (TPSA) is 15.3 Å². The number of hydrogen-bond donors (Lipinski definition) is 1. The van der Waals surface area contributed by atoms with E-state index < -0.39 is 0 Å². The molecule has 1 aromatic rings. The SMILES string of the molecule is CCC(C)C1CN(c2ccccc2I)CCN1. The molecule has 3 heteroatoms. The van der Waals surface area contributed by atoms with Gasteiger partial charge in [0.25, 0.3) is 0 Å². The second kappa shape index (κ2) is 6.05. The van der Waals surface area contributed by atoms with Crippen LogP contribution in [0.3, 0.4) is 0 Å². The zero-order valence-electron chi connectivity index (χ0n) is 10.6. The first-order chi connectivity index (χ1) is 8.22. The van der Waals surface area contributed by atoms with Crippen molar-refractivity contribution in [1.29, 1.82) is 0 Å². The van der Waals surface area contributed by atoms with Crippen LogP contribution in [0.1, 0.15) is 20.3 Å². The molecule has 17 heavy (non-hydrogen) atoms. The Morgan fingerprint density at radius 2 is 2.24 bits per heavy atom. The fraction of sp³-hybridized carbons (Fsp3) is 0.571. The van der Waals surface area contributed by atoms with Crippen molar-refractivity contribution in [3.63, 3.8) is 0 Å². The van der Waals surface area contributed by atoms with E-state index in [-0.39, 0.29) is 0 Å². The van der Waals surface area contributed by atoms with E-state index in [0.29, 0.717) is 6.04 Å². The highest BCUT2D eigenvalue weighted by atomic mass is 127. The molecule has 2 nitrogen and oxygen atoms in total. The van der Waals surface area contributed by atoms with E-state index in [0.717, 1.165) is 25.6 Å². The predicted octanol–water partition coefficient (Wildman–Crippen LogP) is 3.12. The van der Waals surface area contributed by atoms with Crippen LogP contribution in [0.2, 0.25) is 0 Å². The molecule has 0 aromatic heterocycles. The van der Waals surface area contributed by atoms with E-state index in [2.05, 4.69) is 70.9 Å². The highest BCUT2D eigenvalue weighted by Crippen LogP contribution is 2.24. The van der Waals surface area contributed by atoms with Crippen molar-refractivity contribution in [2.45, 2.75) is 26.3 Å². The van der Waals surface area contributed by atoms with Crippen LogP contribution in [0.5, 0.6) is 0 Å². The Kier molecular flexibility index (Phi) is 4.68. The monoisotopic (exact) mass is 344 g/mol. The van der Waals surface area contributed by atoms with Crippen LogP contribution in [-0.2, 0) is 0 Å². The number of piperazine rings is 1. The molecule has 0 amide bonds. The van der Waals surface area contributed by atoms with Crippen LogP contribution in [0, 0.1) is 9.49 Å². The van der Waals surface area contributed by atoms with Crippen LogP contribution in [-0.4, -0.2) is 25.7 Å². The van der Waals surface area contributed by atoms with E-state index in [9.17, 15) is 0 Å². The molecule has 1 aliphatic heterocycles. The van der Waals surface area contributed by atoms with Crippen LogP contribution in [0.4, 0.5) is 5.69 Å². The van der Waals surface area contributed by atoms with Gasteiger partial charge >= 0.3 is 0 Å². The van der Waals surface area contributed by atoms with Gasteiger partial charge < -0.3 is 10.2 Å². The zero-order valence-corrected chi connectivity index (χ0v) is 12.8. The van der Waals surface area contributed by atoms with Crippen LogP contribution in [0.25, 0.3) is 0 Å². The minimum atomic E-state index is 0.629. The lowest BCUT2D eigenvalue weighted by atomic mass is 9.97. The molecule has 2 rings (SSSR count). The van der Waals surface area contributed by atoms with Gasteiger partial charge in [-0.05, 0) is 40.6 Å². The van der Waals surface area contributed by atoms with E-state index in [1.807, 2.05) is 0 Å². The first-order valence-corrected chi connectivity index (χ1v) is 7.53. The second-order valence-electron chi connectivity index (χ2n) is 4.84. The Labute approximate surface area is 118 Å². The van der Waals surface area contributed by atoms with Gasteiger partial charge in [-0.25, -0.2) is 0 Å². The number of anilines is 1. The van der Waals surface area contributed by atoms with Crippen LogP contribution < -0.4 is 10.2 Å². The summed E-state index contributed by atoms with van der Waals surface area (Å²) < 4.78 is 1.36. The Bertz CT molecular complexity index is 367. The summed E-state index contributed by atoms with van der Waals surface area (Å²) >= 11 is 2.43. The summed E-state index contributed by atoms with van der Waals surface area (Å²) in [5, 5.41) is 3.64. The van der Waals surface area contributed by atoms with Gasteiger partial charge in [-0.15, -0.1) is 0 Å². The normalized spacial score (nSPS) is 22.5. The van der Waals surface area contributed by atoms with Crippen molar-refractivity contribution in [2.24, 2.45) is 5.92 Å². The Morgan fingerprint density at radius 3 is 2.94 bits per heavy atom. The average Bonchev–Trinajstić information content (AvgIpc) is 2.38. The maximum absolute atomic E-state index is 3.64. The highest BCUT2D eigenvalue weighted by Gasteiger charge is 2.23. The molecule has 1 fully saturated rings. The van der Waals surface area contributed by atoms with Gasteiger partial charge in [0, 0.05) is 29.2 Å². The van der Waals surface area contributed by atoms with Gasteiger partial charge in [-0.3, -0.25) is 0 Å². The van der Waals surface area contributed by atoms with Crippen LogP contribution >= 0.6 is 22.6 Å². The summed E-state index contributed by atoms with van der Waals surface area (Å²) in [4.78, 5) is 2.52. The lowest BCUT2D eigenvalue weighted by Gasteiger charge is -2.38. The summed E-state index contributed by atoms with van der Waals surface area (Å²) in [6, 6.07) is 9.30. The third-order valence-electron chi connectivity index (χ3n) is 3.73. The molecule has 1 aliphatic rings. The number of halogens is 1. The summed E-state index contributed by atoms with van der Waals surface area (Å²) in [6.45, 7) is 7.97. The summed E-state index contributed by atoms with van der Waals surface area (Å²) in [6.07, 6.45) is 1.25. The summed E-state index contributed by atoms with van der Waals surface area (Å²) in [5.41, 5.74) is 1.39.